The lowest BCUT2D eigenvalue weighted by molar-refractivity contribution is 0.0934. The molecule has 1 saturated heterocycles. The molecule has 3 rings (SSSR count). The van der Waals surface area contributed by atoms with E-state index in [1.807, 2.05) is 44.2 Å². The molecule has 2 aromatic rings. The molecule has 4 heteroatoms. The zero-order valence-electron chi connectivity index (χ0n) is 16.6. The smallest absolute Gasteiger partial charge is 0.251 e. The monoisotopic (exact) mass is 366 g/mol. The Labute approximate surface area is 162 Å². The predicted molar refractivity (Wildman–Crippen MR) is 109 cm³/mol. The molecular formula is C23H30N2O2. The molecule has 1 fully saturated rings. The number of carbonyl (C=O) groups is 1. The number of piperidine rings is 1. The van der Waals surface area contributed by atoms with Crippen LogP contribution in [0.15, 0.2) is 42.5 Å². The summed E-state index contributed by atoms with van der Waals surface area (Å²) in [4.78, 5) is 15.0. The summed E-state index contributed by atoms with van der Waals surface area (Å²) in [5.74, 6) is 1.51. The van der Waals surface area contributed by atoms with Crippen molar-refractivity contribution in [3.05, 3.63) is 64.7 Å². The minimum Gasteiger partial charge on any atom is -0.497 e. The lowest BCUT2D eigenvalue weighted by Crippen LogP contribution is -2.38. The molecule has 1 aliphatic rings. The van der Waals surface area contributed by atoms with Gasteiger partial charge in [-0.1, -0.05) is 24.3 Å². The average Bonchev–Trinajstić information content (AvgIpc) is 2.70. The van der Waals surface area contributed by atoms with Gasteiger partial charge in [-0.25, -0.2) is 0 Å². The molecule has 27 heavy (non-hydrogen) atoms. The van der Waals surface area contributed by atoms with Crippen LogP contribution < -0.4 is 10.1 Å². The maximum atomic E-state index is 12.5. The molecule has 2 aromatic carbocycles. The molecule has 144 valence electrons. The fourth-order valence-electron chi connectivity index (χ4n) is 3.67. The highest BCUT2D eigenvalue weighted by atomic mass is 16.5. The summed E-state index contributed by atoms with van der Waals surface area (Å²) in [6, 6.07) is 14.2. The predicted octanol–water partition coefficient (Wildman–Crippen LogP) is 3.95. The summed E-state index contributed by atoms with van der Waals surface area (Å²) in [7, 11) is 1.69. The van der Waals surface area contributed by atoms with Crippen LogP contribution >= 0.6 is 0 Å². The molecule has 0 atom stereocenters. The van der Waals surface area contributed by atoms with Crippen LogP contribution in [-0.4, -0.2) is 37.6 Å². The van der Waals surface area contributed by atoms with Crippen LogP contribution in [0, 0.1) is 19.8 Å². The number of ether oxygens (including phenoxy) is 1. The fourth-order valence-corrected chi connectivity index (χ4v) is 3.67. The number of benzene rings is 2. The van der Waals surface area contributed by atoms with Crippen LogP contribution in [0.2, 0.25) is 0 Å². The molecule has 0 unspecified atom stereocenters. The number of aryl methyl sites for hydroxylation is 1. The van der Waals surface area contributed by atoms with Gasteiger partial charge in [0.25, 0.3) is 5.91 Å². The number of hydrogen-bond acceptors (Lipinski definition) is 3. The second-order valence-corrected chi connectivity index (χ2v) is 7.53. The highest BCUT2D eigenvalue weighted by Crippen LogP contribution is 2.20. The molecule has 0 aromatic heterocycles. The van der Waals surface area contributed by atoms with Gasteiger partial charge in [0.15, 0.2) is 0 Å². The number of hydrogen-bond donors (Lipinski definition) is 1. The lowest BCUT2D eigenvalue weighted by atomic mass is 9.96. The van der Waals surface area contributed by atoms with Gasteiger partial charge in [-0.3, -0.25) is 9.69 Å². The van der Waals surface area contributed by atoms with Gasteiger partial charge in [0, 0.05) is 18.7 Å². The van der Waals surface area contributed by atoms with Gasteiger partial charge < -0.3 is 10.1 Å². The highest BCUT2D eigenvalue weighted by Gasteiger charge is 2.20. The summed E-state index contributed by atoms with van der Waals surface area (Å²) in [5, 5.41) is 3.14. The largest absolute Gasteiger partial charge is 0.497 e. The van der Waals surface area contributed by atoms with Gasteiger partial charge in [0.2, 0.25) is 0 Å². The SMILES string of the molecule is COc1ccc(CN2CCC(CNC(=O)c3cccc(C)c3C)CC2)cc1. The quantitative estimate of drug-likeness (QED) is 0.841. The van der Waals surface area contributed by atoms with Crippen molar-refractivity contribution < 1.29 is 9.53 Å². The van der Waals surface area contributed by atoms with E-state index in [1.165, 1.54) is 5.56 Å². The standard InChI is InChI=1S/C23H30N2O2/c1-17-5-4-6-22(18(17)2)23(26)24-15-19-11-13-25(14-12-19)16-20-7-9-21(27-3)10-8-20/h4-10,19H,11-16H2,1-3H3,(H,24,26). The summed E-state index contributed by atoms with van der Waals surface area (Å²) in [6.45, 7) is 7.97. The Balaban J connectivity index is 1.44. The van der Waals surface area contributed by atoms with Gasteiger partial charge in [-0.2, -0.15) is 0 Å². The molecule has 0 aliphatic carbocycles. The van der Waals surface area contributed by atoms with Crippen LogP contribution in [0.3, 0.4) is 0 Å². The van der Waals surface area contributed by atoms with Crippen LogP contribution in [0.25, 0.3) is 0 Å². The third-order valence-corrected chi connectivity index (χ3v) is 5.67. The minimum absolute atomic E-state index is 0.0527. The Bertz CT molecular complexity index is 762. The first-order chi connectivity index (χ1) is 13.1. The van der Waals surface area contributed by atoms with Gasteiger partial charge in [-0.15, -0.1) is 0 Å². The van der Waals surface area contributed by atoms with E-state index < -0.39 is 0 Å². The average molecular weight is 367 g/mol. The van der Waals surface area contributed by atoms with E-state index in [4.69, 9.17) is 4.74 Å². The molecule has 1 N–H and O–H groups in total. The molecule has 4 nitrogen and oxygen atoms in total. The first-order valence-electron chi connectivity index (χ1n) is 9.76. The van der Waals surface area contributed by atoms with Crippen LogP contribution in [0.4, 0.5) is 0 Å². The second kappa shape index (κ2) is 9.05. The number of likely N-dealkylation sites (tertiary alicyclic amines) is 1. The molecule has 1 amide bonds. The van der Waals surface area contributed by atoms with Crippen molar-refractivity contribution in [1.29, 1.82) is 0 Å². The van der Waals surface area contributed by atoms with E-state index in [0.29, 0.717) is 5.92 Å². The van der Waals surface area contributed by atoms with E-state index in [9.17, 15) is 4.79 Å². The lowest BCUT2D eigenvalue weighted by Gasteiger charge is -2.32. The molecule has 1 aliphatic heterocycles. The van der Waals surface area contributed by atoms with Crippen molar-refractivity contribution in [3.8, 4) is 5.75 Å². The topological polar surface area (TPSA) is 41.6 Å². The van der Waals surface area contributed by atoms with E-state index in [2.05, 4.69) is 22.3 Å². The number of nitrogens with zero attached hydrogens (tertiary/aromatic N) is 1. The Hall–Kier alpha value is -2.33. The number of amides is 1. The van der Waals surface area contributed by atoms with E-state index in [1.54, 1.807) is 7.11 Å². The Morgan fingerprint density at radius 2 is 1.81 bits per heavy atom. The van der Waals surface area contributed by atoms with Gasteiger partial charge in [-0.05, 0) is 80.6 Å². The summed E-state index contributed by atoms with van der Waals surface area (Å²) >= 11 is 0. The summed E-state index contributed by atoms with van der Waals surface area (Å²) < 4.78 is 5.22. The number of rotatable bonds is 6. The Morgan fingerprint density at radius 3 is 2.48 bits per heavy atom. The van der Waals surface area contributed by atoms with Crippen molar-refractivity contribution in [2.24, 2.45) is 5.92 Å². The van der Waals surface area contributed by atoms with Gasteiger partial charge >= 0.3 is 0 Å². The minimum atomic E-state index is 0.0527. The Morgan fingerprint density at radius 1 is 1.11 bits per heavy atom. The third kappa shape index (κ3) is 5.10. The maximum Gasteiger partial charge on any atom is 0.251 e. The van der Waals surface area contributed by atoms with Crippen molar-refractivity contribution in [2.45, 2.75) is 33.2 Å². The summed E-state index contributed by atoms with van der Waals surface area (Å²) in [5.41, 5.74) is 4.35. The van der Waals surface area contributed by atoms with Crippen LogP contribution in [-0.2, 0) is 6.54 Å². The van der Waals surface area contributed by atoms with Crippen molar-refractivity contribution in [1.82, 2.24) is 10.2 Å². The van der Waals surface area contributed by atoms with E-state index in [-0.39, 0.29) is 5.91 Å². The molecule has 0 radical (unpaired) electrons. The van der Waals surface area contributed by atoms with Gasteiger partial charge in [0.1, 0.15) is 5.75 Å². The van der Waals surface area contributed by atoms with Crippen molar-refractivity contribution >= 4 is 5.91 Å². The molecule has 0 bridgehead atoms. The maximum absolute atomic E-state index is 12.5. The van der Waals surface area contributed by atoms with Crippen LogP contribution in [0.5, 0.6) is 5.75 Å². The first-order valence-corrected chi connectivity index (χ1v) is 9.76. The fraction of sp³-hybridized carbons (Fsp3) is 0.435. The Kier molecular flexibility index (Phi) is 6.51. The zero-order chi connectivity index (χ0) is 19.2. The van der Waals surface area contributed by atoms with Crippen molar-refractivity contribution in [3.63, 3.8) is 0 Å². The van der Waals surface area contributed by atoms with Crippen molar-refractivity contribution in [2.75, 3.05) is 26.7 Å². The molecule has 1 heterocycles. The highest BCUT2D eigenvalue weighted by molar-refractivity contribution is 5.95. The van der Waals surface area contributed by atoms with E-state index >= 15 is 0 Å². The second-order valence-electron chi connectivity index (χ2n) is 7.53. The number of carbonyl (C=O) groups excluding carboxylic acids is 1. The molecular weight excluding hydrogens is 336 g/mol. The number of nitrogens with one attached hydrogen (secondary N) is 1. The van der Waals surface area contributed by atoms with E-state index in [0.717, 1.165) is 61.5 Å². The zero-order valence-corrected chi connectivity index (χ0v) is 16.6. The molecule has 0 spiro atoms. The number of methoxy groups -OCH3 is 1. The molecule has 0 saturated carbocycles. The first kappa shape index (κ1) is 19.4. The summed E-state index contributed by atoms with van der Waals surface area (Å²) in [6.07, 6.45) is 2.26. The van der Waals surface area contributed by atoms with Crippen LogP contribution in [0.1, 0.15) is 39.9 Å². The normalized spacial score (nSPS) is 15.5. The van der Waals surface area contributed by atoms with Gasteiger partial charge in [0.05, 0.1) is 7.11 Å². The third-order valence-electron chi connectivity index (χ3n) is 5.67.